The van der Waals surface area contributed by atoms with Crippen LogP contribution in [0.25, 0.3) is 11.3 Å². The highest BCUT2D eigenvalue weighted by atomic mass is 32.1. The number of hydrogen-bond acceptors (Lipinski definition) is 8. The van der Waals surface area contributed by atoms with E-state index in [0.717, 1.165) is 62.1 Å². The number of ether oxygens (including phenoxy) is 1. The highest BCUT2D eigenvalue weighted by Gasteiger charge is 2.23. The molecule has 3 aromatic rings. The third kappa shape index (κ3) is 4.14. The molecule has 0 bridgehead atoms. The van der Waals surface area contributed by atoms with Crippen molar-refractivity contribution in [2.24, 2.45) is 0 Å². The first-order valence-corrected chi connectivity index (χ1v) is 11.1. The van der Waals surface area contributed by atoms with Crippen molar-refractivity contribution in [3.8, 4) is 11.3 Å². The van der Waals surface area contributed by atoms with E-state index in [0.29, 0.717) is 13.2 Å². The molecule has 0 spiro atoms. The number of aromatic nitrogens is 4. The Bertz CT molecular complexity index is 1040. The lowest BCUT2D eigenvalue weighted by Gasteiger charge is -2.34. The van der Waals surface area contributed by atoms with Crippen molar-refractivity contribution in [1.82, 2.24) is 24.6 Å². The van der Waals surface area contributed by atoms with Crippen LogP contribution in [-0.4, -0.2) is 64.0 Å². The maximum Gasteiger partial charge on any atom is 0.266 e. The van der Waals surface area contributed by atoms with E-state index in [1.165, 1.54) is 10.6 Å². The van der Waals surface area contributed by atoms with E-state index in [-0.39, 0.29) is 5.56 Å². The molecule has 30 heavy (non-hydrogen) atoms. The van der Waals surface area contributed by atoms with E-state index < -0.39 is 0 Å². The number of rotatable bonds is 5. The first-order valence-electron chi connectivity index (χ1n) is 10.3. The lowest BCUT2D eigenvalue weighted by Crippen LogP contribution is -2.47. The Morgan fingerprint density at radius 2 is 1.87 bits per heavy atom. The minimum absolute atomic E-state index is 0.0676. The number of thiazole rings is 1. The number of pyridine rings is 1. The molecule has 0 aromatic carbocycles. The summed E-state index contributed by atoms with van der Waals surface area (Å²) in [5.41, 5.74) is 2.90. The lowest BCUT2D eigenvalue weighted by atomic mass is 10.2. The first kappa shape index (κ1) is 19.3. The maximum atomic E-state index is 12.3. The molecule has 0 radical (unpaired) electrons. The van der Waals surface area contributed by atoms with E-state index >= 15 is 0 Å². The van der Waals surface area contributed by atoms with Gasteiger partial charge in [0, 0.05) is 63.2 Å². The molecular weight excluding hydrogens is 400 g/mol. The van der Waals surface area contributed by atoms with Crippen LogP contribution in [0.15, 0.2) is 41.5 Å². The molecule has 0 saturated carbocycles. The number of anilines is 1. The third-order valence-corrected chi connectivity index (χ3v) is 6.73. The zero-order valence-corrected chi connectivity index (χ0v) is 17.6. The zero-order chi connectivity index (χ0) is 20.3. The summed E-state index contributed by atoms with van der Waals surface area (Å²) < 4.78 is 7.11. The van der Waals surface area contributed by atoms with Crippen molar-refractivity contribution in [2.75, 3.05) is 44.2 Å². The van der Waals surface area contributed by atoms with Crippen LogP contribution in [0.2, 0.25) is 0 Å². The van der Waals surface area contributed by atoms with Crippen molar-refractivity contribution in [1.29, 1.82) is 0 Å². The van der Waals surface area contributed by atoms with Gasteiger partial charge in [-0.05, 0) is 18.2 Å². The van der Waals surface area contributed by atoms with E-state index in [9.17, 15) is 4.79 Å². The topological polar surface area (TPSA) is 76.4 Å². The van der Waals surface area contributed by atoms with Gasteiger partial charge in [0.05, 0.1) is 36.0 Å². The van der Waals surface area contributed by atoms with Gasteiger partial charge in [0.1, 0.15) is 0 Å². The molecule has 1 saturated heterocycles. The molecule has 2 aliphatic rings. The van der Waals surface area contributed by atoms with Gasteiger partial charge in [-0.15, -0.1) is 0 Å². The summed E-state index contributed by atoms with van der Waals surface area (Å²) in [7, 11) is 0. The maximum absolute atomic E-state index is 12.3. The van der Waals surface area contributed by atoms with Gasteiger partial charge >= 0.3 is 0 Å². The molecule has 0 N–H and O–H groups in total. The van der Waals surface area contributed by atoms with Crippen LogP contribution in [0.4, 0.5) is 5.13 Å². The van der Waals surface area contributed by atoms with E-state index in [1.807, 2.05) is 12.1 Å². The Hall–Kier alpha value is -2.62. The highest BCUT2D eigenvalue weighted by molar-refractivity contribution is 7.15. The minimum atomic E-state index is -0.0676. The van der Waals surface area contributed by atoms with Crippen LogP contribution >= 0.6 is 11.3 Å². The van der Waals surface area contributed by atoms with Crippen LogP contribution < -0.4 is 10.5 Å². The van der Waals surface area contributed by atoms with E-state index in [1.54, 1.807) is 40.5 Å². The molecule has 0 unspecified atom stereocenters. The second kappa shape index (κ2) is 8.63. The molecular formula is C21H24N6O2S. The molecule has 3 aromatic heterocycles. The van der Waals surface area contributed by atoms with E-state index in [4.69, 9.17) is 9.72 Å². The first-order chi connectivity index (χ1) is 14.8. The van der Waals surface area contributed by atoms with Gasteiger partial charge in [0.2, 0.25) is 0 Å². The van der Waals surface area contributed by atoms with Crippen molar-refractivity contribution in [3.05, 3.63) is 57.6 Å². The summed E-state index contributed by atoms with van der Waals surface area (Å²) in [5, 5.41) is 5.66. The van der Waals surface area contributed by atoms with Crippen LogP contribution in [-0.2, 0) is 24.3 Å². The average Bonchev–Trinajstić information content (AvgIpc) is 3.24. The molecule has 0 amide bonds. The highest BCUT2D eigenvalue weighted by Crippen LogP contribution is 2.30. The number of piperazine rings is 1. The average molecular weight is 425 g/mol. The smallest absolute Gasteiger partial charge is 0.266 e. The van der Waals surface area contributed by atoms with Gasteiger partial charge in [0.15, 0.2) is 5.13 Å². The molecule has 5 heterocycles. The molecule has 9 heteroatoms. The minimum Gasteiger partial charge on any atom is -0.375 e. The second-order valence-corrected chi connectivity index (χ2v) is 8.58. The van der Waals surface area contributed by atoms with Crippen molar-refractivity contribution in [3.63, 3.8) is 0 Å². The molecule has 1 fully saturated rings. The summed E-state index contributed by atoms with van der Waals surface area (Å²) in [6.45, 7) is 6.69. The Morgan fingerprint density at radius 3 is 2.67 bits per heavy atom. The number of hydrogen-bond donors (Lipinski definition) is 0. The second-order valence-electron chi connectivity index (χ2n) is 7.51. The Labute approximate surface area is 178 Å². The van der Waals surface area contributed by atoms with E-state index in [2.05, 4.69) is 19.9 Å². The summed E-state index contributed by atoms with van der Waals surface area (Å²) in [5.74, 6) is 0. The van der Waals surface area contributed by atoms with Crippen molar-refractivity contribution in [2.45, 2.75) is 19.6 Å². The molecule has 8 nitrogen and oxygen atoms in total. The van der Waals surface area contributed by atoms with Crippen LogP contribution in [0.3, 0.4) is 0 Å². The van der Waals surface area contributed by atoms with Crippen LogP contribution in [0, 0.1) is 0 Å². The van der Waals surface area contributed by atoms with Gasteiger partial charge in [0.25, 0.3) is 5.56 Å². The quantitative estimate of drug-likeness (QED) is 0.616. The fraction of sp³-hybridized carbons (Fsp3) is 0.429. The predicted molar refractivity (Wildman–Crippen MR) is 116 cm³/mol. The third-order valence-electron chi connectivity index (χ3n) is 5.60. The predicted octanol–water partition coefficient (Wildman–Crippen LogP) is 1.66. The lowest BCUT2D eigenvalue weighted by molar-refractivity contribution is 0.112. The molecule has 0 aliphatic carbocycles. The molecule has 0 atom stereocenters. The summed E-state index contributed by atoms with van der Waals surface area (Å²) >= 11 is 1.77. The fourth-order valence-corrected chi connectivity index (χ4v) is 4.93. The number of nitrogens with zero attached hydrogens (tertiary/aromatic N) is 6. The zero-order valence-electron chi connectivity index (χ0n) is 16.7. The van der Waals surface area contributed by atoms with Gasteiger partial charge < -0.3 is 9.64 Å². The monoisotopic (exact) mass is 424 g/mol. The van der Waals surface area contributed by atoms with Gasteiger partial charge in [-0.25, -0.2) is 9.67 Å². The van der Waals surface area contributed by atoms with Gasteiger partial charge in [-0.1, -0.05) is 11.3 Å². The normalized spacial score (nSPS) is 17.1. The summed E-state index contributed by atoms with van der Waals surface area (Å²) in [4.78, 5) is 27.2. The molecule has 156 valence electrons. The van der Waals surface area contributed by atoms with Gasteiger partial charge in [-0.3, -0.25) is 14.7 Å². The molecule has 2 aliphatic heterocycles. The summed E-state index contributed by atoms with van der Waals surface area (Å²) in [6.07, 6.45) is 4.39. The largest absolute Gasteiger partial charge is 0.375 e. The Balaban J connectivity index is 1.18. The SMILES string of the molecule is O=c1ccc(-c2ccncc2)nn1CCN1CCN(c2nc3c(s2)COCC3)CC1. The van der Waals surface area contributed by atoms with Crippen molar-refractivity contribution < 1.29 is 4.74 Å². The molecule has 5 rings (SSSR count). The van der Waals surface area contributed by atoms with Crippen LogP contribution in [0.5, 0.6) is 0 Å². The summed E-state index contributed by atoms with van der Waals surface area (Å²) in [6, 6.07) is 7.16. The standard InChI is InChI=1S/C21H24N6O2S/c28-20-2-1-17(16-3-6-22-7-4-16)24-27(20)13-10-25-8-11-26(12-9-25)21-23-18-5-14-29-15-19(18)30-21/h1-4,6-7H,5,8-15H2. The number of fused-ring (bicyclic) bond motifs is 1. The Morgan fingerprint density at radius 1 is 1.03 bits per heavy atom. The van der Waals surface area contributed by atoms with Crippen molar-refractivity contribution >= 4 is 16.5 Å². The fourth-order valence-electron chi connectivity index (χ4n) is 3.83. The van der Waals surface area contributed by atoms with Gasteiger partial charge in [-0.2, -0.15) is 5.10 Å². The van der Waals surface area contributed by atoms with Crippen LogP contribution in [0.1, 0.15) is 10.6 Å². The Kier molecular flexibility index (Phi) is 5.56.